The topological polar surface area (TPSA) is 103 Å². The van der Waals surface area contributed by atoms with E-state index in [0.29, 0.717) is 41.5 Å². The fourth-order valence-electron chi connectivity index (χ4n) is 4.49. The predicted molar refractivity (Wildman–Crippen MR) is 133 cm³/mol. The normalized spacial score (nSPS) is 18.5. The van der Waals surface area contributed by atoms with Gasteiger partial charge in [0.25, 0.3) is 0 Å². The SMILES string of the molecule is C[C@@](O)(CN1CCN(c2ccc(C(N)=O)cc2Cl)[C@H](c2ccccc2)C1)c1ccc(CO)nc1. The Bertz CT molecular complexity index is 1140. The second kappa shape index (κ2) is 10.1. The van der Waals surface area contributed by atoms with Crippen LogP contribution < -0.4 is 10.6 Å². The van der Waals surface area contributed by atoms with Crippen molar-refractivity contribution < 1.29 is 15.0 Å². The highest BCUT2D eigenvalue weighted by Crippen LogP contribution is 2.36. The number of halogens is 1. The van der Waals surface area contributed by atoms with Gasteiger partial charge < -0.3 is 20.8 Å². The number of aliphatic hydroxyl groups is 2. The number of hydrogen-bond donors (Lipinski definition) is 3. The number of carbonyl (C=O) groups excluding carboxylic acids is 1. The molecule has 1 amide bonds. The largest absolute Gasteiger partial charge is 0.390 e. The Hall–Kier alpha value is -2.97. The van der Waals surface area contributed by atoms with E-state index in [2.05, 4.69) is 26.9 Å². The molecule has 1 saturated heterocycles. The predicted octanol–water partition coefficient (Wildman–Crippen LogP) is 3.10. The summed E-state index contributed by atoms with van der Waals surface area (Å²) in [6.07, 6.45) is 1.62. The maximum atomic E-state index is 11.6. The number of β-amino-alcohol motifs (C(OH)–C–C–N with tert-alkyl or cyclic N) is 1. The highest BCUT2D eigenvalue weighted by Gasteiger charge is 2.34. The van der Waals surface area contributed by atoms with Crippen LogP contribution in [0.3, 0.4) is 0 Å². The zero-order chi connectivity index (χ0) is 24.3. The highest BCUT2D eigenvalue weighted by molar-refractivity contribution is 6.33. The van der Waals surface area contributed by atoms with Crippen LogP contribution in [0.1, 0.15) is 40.1 Å². The van der Waals surface area contributed by atoms with Crippen LogP contribution in [0.5, 0.6) is 0 Å². The van der Waals surface area contributed by atoms with Crippen molar-refractivity contribution in [3.05, 3.63) is 94.3 Å². The van der Waals surface area contributed by atoms with Crippen LogP contribution in [0.15, 0.2) is 66.9 Å². The molecule has 0 spiro atoms. The quantitative estimate of drug-likeness (QED) is 0.480. The number of aliphatic hydroxyl groups excluding tert-OH is 1. The zero-order valence-electron chi connectivity index (χ0n) is 19.1. The summed E-state index contributed by atoms with van der Waals surface area (Å²) in [5, 5.41) is 21.0. The molecule has 1 aliphatic heterocycles. The van der Waals surface area contributed by atoms with Crippen LogP contribution >= 0.6 is 11.6 Å². The van der Waals surface area contributed by atoms with Crippen LogP contribution in [-0.4, -0.2) is 52.2 Å². The molecule has 0 radical (unpaired) electrons. The van der Waals surface area contributed by atoms with Gasteiger partial charge in [-0.25, -0.2) is 0 Å². The van der Waals surface area contributed by atoms with Gasteiger partial charge in [-0.3, -0.25) is 14.7 Å². The van der Waals surface area contributed by atoms with Crippen molar-refractivity contribution in [2.75, 3.05) is 31.1 Å². The average molecular weight is 481 g/mol. The summed E-state index contributed by atoms with van der Waals surface area (Å²) in [5.74, 6) is -0.512. The van der Waals surface area contributed by atoms with Crippen molar-refractivity contribution >= 4 is 23.2 Å². The number of carbonyl (C=O) groups is 1. The van der Waals surface area contributed by atoms with Gasteiger partial charge in [0.05, 0.1) is 29.1 Å². The molecule has 0 unspecified atom stereocenters. The summed E-state index contributed by atoms with van der Waals surface area (Å²) >= 11 is 6.58. The maximum Gasteiger partial charge on any atom is 0.248 e. The molecular weight excluding hydrogens is 452 g/mol. The minimum Gasteiger partial charge on any atom is -0.390 e. The van der Waals surface area contributed by atoms with Gasteiger partial charge in [0.2, 0.25) is 5.91 Å². The Kier molecular flexibility index (Phi) is 7.19. The minimum atomic E-state index is -1.11. The number of piperazine rings is 1. The Morgan fingerprint density at radius 1 is 1.18 bits per heavy atom. The van der Waals surface area contributed by atoms with E-state index < -0.39 is 11.5 Å². The van der Waals surface area contributed by atoms with E-state index in [9.17, 15) is 15.0 Å². The number of amides is 1. The molecule has 1 fully saturated rings. The van der Waals surface area contributed by atoms with E-state index in [-0.39, 0.29) is 12.6 Å². The first-order valence-electron chi connectivity index (χ1n) is 11.2. The Labute approximate surface area is 204 Å². The van der Waals surface area contributed by atoms with E-state index >= 15 is 0 Å². The molecule has 2 heterocycles. The molecule has 1 aromatic heterocycles. The summed E-state index contributed by atoms with van der Waals surface area (Å²) < 4.78 is 0. The fourth-order valence-corrected chi connectivity index (χ4v) is 4.78. The van der Waals surface area contributed by atoms with Crippen LogP contribution in [-0.2, 0) is 12.2 Å². The van der Waals surface area contributed by atoms with Crippen molar-refractivity contribution in [3.8, 4) is 0 Å². The molecule has 3 aromatic rings. The first-order chi connectivity index (χ1) is 16.3. The van der Waals surface area contributed by atoms with Gasteiger partial charge in [-0.1, -0.05) is 48.0 Å². The molecule has 4 rings (SSSR count). The first kappa shape index (κ1) is 24.2. The lowest BCUT2D eigenvalue weighted by molar-refractivity contribution is 0.00997. The zero-order valence-corrected chi connectivity index (χ0v) is 19.8. The fraction of sp³-hybridized carbons (Fsp3) is 0.308. The lowest BCUT2D eigenvalue weighted by atomic mass is 9.94. The molecule has 2 atom stereocenters. The molecule has 7 nitrogen and oxygen atoms in total. The van der Waals surface area contributed by atoms with Gasteiger partial charge >= 0.3 is 0 Å². The number of pyridine rings is 1. The third-order valence-electron chi connectivity index (χ3n) is 6.33. The van der Waals surface area contributed by atoms with Crippen molar-refractivity contribution in [2.45, 2.75) is 25.2 Å². The summed E-state index contributed by atoms with van der Waals surface area (Å²) in [7, 11) is 0. The van der Waals surface area contributed by atoms with Crippen LogP contribution in [0.25, 0.3) is 0 Å². The van der Waals surface area contributed by atoms with Crippen LogP contribution in [0.2, 0.25) is 5.02 Å². The molecule has 4 N–H and O–H groups in total. The molecule has 1 aliphatic rings. The average Bonchev–Trinajstić information content (AvgIpc) is 2.84. The molecule has 2 aromatic carbocycles. The summed E-state index contributed by atoms with van der Waals surface area (Å²) in [5.41, 5.74) is 7.93. The smallest absolute Gasteiger partial charge is 0.248 e. The number of primary amides is 1. The van der Waals surface area contributed by atoms with E-state index in [1.165, 1.54) is 0 Å². The second-order valence-corrected chi connectivity index (χ2v) is 9.26. The van der Waals surface area contributed by atoms with Crippen molar-refractivity contribution in [2.24, 2.45) is 5.73 Å². The molecule has 0 aliphatic carbocycles. The molecule has 0 saturated carbocycles. The maximum absolute atomic E-state index is 11.6. The van der Waals surface area contributed by atoms with Crippen molar-refractivity contribution in [1.82, 2.24) is 9.88 Å². The van der Waals surface area contributed by atoms with Gasteiger partial charge in [0.15, 0.2) is 0 Å². The van der Waals surface area contributed by atoms with Gasteiger partial charge in [-0.15, -0.1) is 0 Å². The summed E-state index contributed by atoms with van der Waals surface area (Å²) in [4.78, 5) is 20.3. The van der Waals surface area contributed by atoms with Crippen LogP contribution in [0.4, 0.5) is 5.69 Å². The number of rotatable bonds is 7. The lowest BCUT2D eigenvalue weighted by Gasteiger charge is -2.45. The standard InChI is InChI=1S/C26H29ClN4O3/c1-26(34,20-8-9-21(16-32)29-14-20)17-30-11-12-31(24(15-30)18-5-3-2-4-6-18)23-10-7-19(25(28)33)13-22(23)27/h2-10,13-14,24,32,34H,11-12,15-17H2,1H3,(H2,28,33)/t24-,26+/m0/s1. The third-order valence-corrected chi connectivity index (χ3v) is 6.63. The van der Waals surface area contributed by atoms with Gasteiger partial charge in [0.1, 0.15) is 5.60 Å². The number of nitrogens with two attached hydrogens (primary N) is 1. The Morgan fingerprint density at radius 2 is 1.94 bits per heavy atom. The number of benzene rings is 2. The Morgan fingerprint density at radius 3 is 2.56 bits per heavy atom. The van der Waals surface area contributed by atoms with E-state index in [0.717, 1.165) is 17.8 Å². The number of aromatic nitrogens is 1. The van der Waals surface area contributed by atoms with Gasteiger partial charge in [-0.2, -0.15) is 0 Å². The van der Waals surface area contributed by atoms with E-state index in [1.807, 2.05) is 30.3 Å². The van der Waals surface area contributed by atoms with E-state index in [4.69, 9.17) is 17.3 Å². The number of hydrogen-bond acceptors (Lipinski definition) is 6. The van der Waals surface area contributed by atoms with Gasteiger partial charge in [0, 0.05) is 43.5 Å². The lowest BCUT2D eigenvalue weighted by Crippen LogP contribution is -2.52. The molecule has 0 bridgehead atoms. The second-order valence-electron chi connectivity index (χ2n) is 8.86. The molecule has 178 valence electrons. The van der Waals surface area contributed by atoms with Crippen molar-refractivity contribution in [3.63, 3.8) is 0 Å². The van der Waals surface area contributed by atoms with Crippen LogP contribution in [0, 0.1) is 0 Å². The molecule has 8 heteroatoms. The van der Waals surface area contributed by atoms with E-state index in [1.54, 1.807) is 31.3 Å². The number of nitrogens with zero attached hydrogens (tertiary/aromatic N) is 3. The summed E-state index contributed by atoms with van der Waals surface area (Å²) in [6.45, 7) is 4.16. The summed E-state index contributed by atoms with van der Waals surface area (Å²) in [6, 6.07) is 18.9. The molecular formula is C26H29ClN4O3. The highest BCUT2D eigenvalue weighted by atomic mass is 35.5. The molecule has 34 heavy (non-hydrogen) atoms. The van der Waals surface area contributed by atoms with Gasteiger partial charge in [-0.05, 0) is 36.8 Å². The minimum absolute atomic E-state index is 0.00225. The first-order valence-corrected chi connectivity index (χ1v) is 11.6. The Balaban J connectivity index is 1.59. The van der Waals surface area contributed by atoms with Crippen molar-refractivity contribution in [1.29, 1.82) is 0 Å². The number of anilines is 1. The monoisotopic (exact) mass is 480 g/mol. The third kappa shape index (κ3) is 5.23.